The predicted molar refractivity (Wildman–Crippen MR) is 70.9 cm³/mol. The van der Waals surface area contributed by atoms with E-state index in [4.69, 9.17) is 4.55 Å². The monoisotopic (exact) mass is 390 g/mol. The Labute approximate surface area is 139 Å². The maximum Gasteiger partial charge on any atom is 0.432 e. The summed E-state index contributed by atoms with van der Waals surface area (Å²) in [5, 5.41) is -5.67. The largest absolute Gasteiger partial charge is 0.444 e. The number of ether oxygens (including phenoxy) is 1. The van der Waals surface area contributed by atoms with Gasteiger partial charge in [0, 0.05) is 0 Å². The fourth-order valence-electron chi connectivity index (χ4n) is 6.36. The maximum atomic E-state index is 13.6. The van der Waals surface area contributed by atoms with Gasteiger partial charge in [0.25, 0.3) is 6.10 Å². The molecule has 142 valence electrons. The Morgan fingerprint density at radius 2 is 1.80 bits per heavy atom. The third-order valence-electron chi connectivity index (χ3n) is 6.62. The number of rotatable bonds is 4. The molecule has 0 aromatic heterocycles. The molecule has 0 aliphatic heterocycles. The van der Waals surface area contributed by atoms with Gasteiger partial charge in [-0.15, -0.1) is 0 Å². The van der Waals surface area contributed by atoms with Crippen LogP contribution in [-0.4, -0.2) is 36.5 Å². The van der Waals surface area contributed by atoms with Gasteiger partial charge in [-0.3, -0.25) is 9.35 Å². The number of carbonyl (C=O) groups excluding carboxylic acids is 1. The molecule has 0 saturated heterocycles. The molecule has 0 radical (unpaired) electrons. The molecule has 6 saturated carbocycles. The lowest BCUT2D eigenvalue weighted by molar-refractivity contribution is -0.334. The van der Waals surface area contributed by atoms with E-state index >= 15 is 0 Å². The van der Waals surface area contributed by atoms with E-state index < -0.39 is 39.0 Å². The van der Waals surface area contributed by atoms with Crippen molar-refractivity contribution in [2.75, 3.05) is 0 Å². The first-order valence-electron chi connectivity index (χ1n) is 7.86. The Kier molecular flexibility index (Phi) is 3.12. The van der Waals surface area contributed by atoms with Crippen LogP contribution in [0, 0.1) is 28.6 Å². The zero-order valence-corrected chi connectivity index (χ0v) is 13.5. The average Bonchev–Trinajstić information content (AvgIpc) is 2.39. The van der Waals surface area contributed by atoms with E-state index in [-0.39, 0.29) is 29.6 Å². The van der Waals surface area contributed by atoms with Gasteiger partial charge in [0.05, 0.1) is 5.41 Å². The molecule has 0 heterocycles. The molecule has 6 rings (SSSR count). The highest BCUT2D eigenvalue weighted by Gasteiger charge is 2.81. The molecule has 6 atom stereocenters. The highest BCUT2D eigenvalue weighted by molar-refractivity contribution is 7.86. The number of halogens is 5. The van der Waals surface area contributed by atoms with Crippen LogP contribution in [0.4, 0.5) is 22.0 Å². The SMILES string of the molecule is O=C(OC(C(F)(F)F)C(F)(F)S(=O)(=O)O)C12CC3CC4CC(C3)(C1)C42. The van der Waals surface area contributed by atoms with Crippen molar-refractivity contribution in [1.82, 2.24) is 0 Å². The topological polar surface area (TPSA) is 80.7 Å². The molecular weight excluding hydrogens is 375 g/mol. The summed E-state index contributed by atoms with van der Waals surface area (Å²) in [4.78, 5) is 12.4. The normalized spacial score (nSPS) is 43.0. The Hall–Kier alpha value is -0.970. The Morgan fingerprint density at radius 3 is 2.28 bits per heavy atom. The molecule has 0 amide bonds. The van der Waals surface area contributed by atoms with E-state index in [1.807, 2.05) is 0 Å². The highest BCUT2D eigenvalue weighted by Crippen LogP contribution is 2.84. The van der Waals surface area contributed by atoms with E-state index in [9.17, 15) is 35.2 Å². The minimum Gasteiger partial charge on any atom is -0.444 e. The van der Waals surface area contributed by atoms with Crippen molar-refractivity contribution in [3.63, 3.8) is 0 Å². The zero-order valence-electron chi connectivity index (χ0n) is 12.7. The molecule has 5 bridgehead atoms. The van der Waals surface area contributed by atoms with Crippen molar-refractivity contribution in [3.05, 3.63) is 0 Å². The molecule has 6 aliphatic carbocycles. The average molecular weight is 390 g/mol. The third kappa shape index (κ3) is 2.02. The quantitative estimate of drug-likeness (QED) is 0.454. The lowest BCUT2D eigenvalue weighted by atomic mass is 9.23. The number of esters is 1. The molecule has 1 spiro atoms. The first kappa shape index (κ1) is 17.4. The second-order valence-electron chi connectivity index (χ2n) is 8.01. The second kappa shape index (κ2) is 4.47. The number of carbonyl (C=O) groups is 1. The molecule has 0 aromatic rings. The Morgan fingerprint density at radius 1 is 1.16 bits per heavy atom. The van der Waals surface area contributed by atoms with Crippen LogP contribution in [0.3, 0.4) is 0 Å². The van der Waals surface area contributed by atoms with E-state index in [1.165, 1.54) is 0 Å². The molecule has 6 aliphatic rings. The Bertz CT molecular complexity index is 743. The van der Waals surface area contributed by atoms with Crippen LogP contribution in [0.25, 0.3) is 0 Å². The van der Waals surface area contributed by atoms with Gasteiger partial charge in [0.15, 0.2) is 0 Å². The summed E-state index contributed by atoms with van der Waals surface area (Å²) < 4.78 is 99.9. The van der Waals surface area contributed by atoms with Crippen LogP contribution in [0.2, 0.25) is 0 Å². The molecule has 5 nitrogen and oxygen atoms in total. The third-order valence-corrected chi connectivity index (χ3v) is 7.53. The van der Waals surface area contributed by atoms with Gasteiger partial charge in [-0.1, -0.05) is 0 Å². The summed E-state index contributed by atoms with van der Waals surface area (Å²) in [7, 11) is -6.41. The predicted octanol–water partition coefficient (Wildman–Crippen LogP) is 2.77. The van der Waals surface area contributed by atoms with E-state index in [2.05, 4.69) is 4.74 Å². The highest BCUT2D eigenvalue weighted by atomic mass is 32.2. The smallest absolute Gasteiger partial charge is 0.432 e. The summed E-state index contributed by atoms with van der Waals surface area (Å²) in [5.41, 5.74) is -1.30. The first-order chi connectivity index (χ1) is 11.2. The lowest BCUT2D eigenvalue weighted by Crippen LogP contribution is -2.77. The minimum absolute atomic E-state index is 0.0792. The summed E-state index contributed by atoms with van der Waals surface area (Å²) in [6.07, 6.45) is -6.81. The number of hydrogen-bond donors (Lipinski definition) is 1. The van der Waals surface area contributed by atoms with Crippen molar-refractivity contribution in [2.24, 2.45) is 28.6 Å². The summed E-state index contributed by atoms with van der Waals surface area (Å²) in [6, 6.07) is 0. The molecule has 0 aromatic carbocycles. The van der Waals surface area contributed by atoms with Crippen molar-refractivity contribution >= 4 is 16.1 Å². The van der Waals surface area contributed by atoms with Crippen molar-refractivity contribution < 1.29 is 44.5 Å². The van der Waals surface area contributed by atoms with Crippen LogP contribution in [0.5, 0.6) is 0 Å². The number of alkyl halides is 5. The lowest BCUT2D eigenvalue weighted by Gasteiger charge is -2.80. The van der Waals surface area contributed by atoms with Gasteiger partial charge in [0.1, 0.15) is 0 Å². The summed E-state index contributed by atoms with van der Waals surface area (Å²) >= 11 is 0. The molecule has 6 unspecified atom stereocenters. The van der Waals surface area contributed by atoms with Crippen LogP contribution in [0.15, 0.2) is 0 Å². The van der Waals surface area contributed by atoms with Crippen LogP contribution in [0.1, 0.15) is 32.1 Å². The van der Waals surface area contributed by atoms with Gasteiger partial charge in [-0.25, -0.2) is 0 Å². The maximum absolute atomic E-state index is 13.6. The fourth-order valence-corrected chi connectivity index (χ4v) is 6.81. The van der Waals surface area contributed by atoms with Gasteiger partial charge in [-0.05, 0) is 55.3 Å². The van der Waals surface area contributed by atoms with Gasteiger partial charge in [0.2, 0.25) is 0 Å². The Balaban J connectivity index is 1.61. The van der Waals surface area contributed by atoms with Gasteiger partial charge in [-0.2, -0.15) is 30.4 Å². The fraction of sp³-hybridized carbons (Fsp3) is 0.929. The zero-order chi connectivity index (χ0) is 18.6. The molecular formula is C14H15F5O5S. The van der Waals surface area contributed by atoms with Crippen molar-refractivity contribution in [3.8, 4) is 0 Å². The van der Waals surface area contributed by atoms with Gasteiger partial charge < -0.3 is 4.74 Å². The molecule has 6 fully saturated rings. The van der Waals surface area contributed by atoms with E-state index in [0.29, 0.717) is 6.42 Å². The second-order valence-corrected chi connectivity index (χ2v) is 9.51. The molecule has 1 N–H and O–H groups in total. The van der Waals surface area contributed by atoms with Gasteiger partial charge >= 0.3 is 27.5 Å². The van der Waals surface area contributed by atoms with Crippen LogP contribution in [-0.2, 0) is 19.6 Å². The van der Waals surface area contributed by atoms with E-state index in [0.717, 1.165) is 19.3 Å². The standard InChI is InChI=1S/C14H15F5O5S/c15-13(16,17)9(14(18,19)25(21,22)23)24-10(20)12-3-6-1-7-4-11(2-6,5-12)8(7)12/h6-9H,1-5H2,(H,21,22,23). The van der Waals surface area contributed by atoms with Crippen molar-refractivity contribution in [1.29, 1.82) is 0 Å². The number of hydrogen-bond acceptors (Lipinski definition) is 4. The van der Waals surface area contributed by atoms with Crippen LogP contribution < -0.4 is 0 Å². The molecule has 25 heavy (non-hydrogen) atoms. The first-order valence-corrected chi connectivity index (χ1v) is 9.30. The van der Waals surface area contributed by atoms with Crippen LogP contribution >= 0.6 is 0 Å². The minimum atomic E-state index is -6.41. The summed E-state index contributed by atoms with van der Waals surface area (Å²) in [6.45, 7) is 0. The molecule has 11 heteroatoms. The summed E-state index contributed by atoms with van der Waals surface area (Å²) in [5.74, 6) is -1.23. The van der Waals surface area contributed by atoms with Crippen molar-refractivity contribution in [2.45, 2.75) is 49.6 Å². The van der Waals surface area contributed by atoms with E-state index in [1.54, 1.807) is 0 Å².